The zero-order valence-electron chi connectivity index (χ0n) is 33.8. The van der Waals surface area contributed by atoms with Crippen LogP contribution in [0.4, 0.5) is 5.82 Å². The Hall–Kier alpha value is -2.48. The molecule has 25 nitrogen and oxygen atoms in total. The van der Waals surface area contributed by atoms with Crippen molar-refractivity contribution in [3.63, 3.8) is 0 Å². The Balaban J connectivity index is 1.39. The van der Waals surface area contributed by atoms with Gasteiger partial charge in [-0.25, -0.2) is 28.6 Å². The van der Waals surface area contributed by atoms with Crippen LogP contribution in [-0.4, -0.2) is 134 Å². The topological polar surface area (TPSA) is 384 Å². The molecule has 2 amide bonds. The van der Waals surface area contributed by atoms with Crippen molar-refractivity contribution in [2.24, 2.45) is 5.41 Å². The van der Waals surface area contributed by atoms with Crippen LogP contribution in [0.5, 0.6) is 0 Å². The molecule has 0 spiro atoms. The molecule has 0 saturated carbocycles. The normalized spacial score (nSPS) is 21.4. The molecule has 61 heavy (non-hydrogen) atoms. The van der Waals surface area contributed by atoms with Crippen molar-refractivity contribution in [3.05, 3.63) is 12.7 Å². The van der Waals surface area contributed by atoms with Gasteiger partial charge >= 0.3 is 23.5 Å². The van der Waals surface area contributed by atoms with Gasteiger partial charge in [-0.1, -0.05) is 58.2 Å². The molecule has 8 atom stereocenters. The second kappa shape index (κ2) is 24.0. The first-order valence-corrected chi connectivity index (χ1v) is 24.7. The number of carbonyl (C=O) groups is 3. The Labute approximate surface area is 355 Å². The number of aromatic nitrogens is 4. The number of amides is 2. The van der Waals surface area contributed by atoms with Crippen LogP contribution in [0.3, 0.4) is 0 Å². The number of nitrogens with one attached hydrogen (secondary N) is 2. The number of ether oxygens (including phenoxy) is 1. The van der Waals surface area contributed by atoms with Gasteiger partial charge in [-0.05, 0) is 19.3 Å². The second-order valence-electron chi connectivity index (χ2n) is 14.7. The largest absolute Gasteiger partial charge is 0.481 e. The number of unbranched alkanes of at least 4 members (excludes halogenated alkanes) is 3. The fourth-order valence-electron chi connectivity index (χ4n) is 5.78. The minimum atomic E-state index is -5.58. The minimum absolute atomic E-state index is 0.00212. The lowest BCUT2D eigenvalue weighted by Crippen LogP contribution is -2.46. The molecule has 0 aromatic carbocycles. The van der Waals surface area contributed by atoms with Crippen molar-refractivity contribution < 1.29 is 85.6 Å². The molecule has 1 aliphatic heterocycles. The molecule has 11 N–H and O–H groups in total. The Morgan fingerprint density at radius 2 is 1.66 bits per heavy atom. The fourth-order valence-corrected chi connectivity index (χ4v) is 9.33. The van der Waals surface area contributed by atoms with E-state index in [-0.39, 0.29) is 47.7 Å². The summed E-state index contributed by atoms with van der Waals surface area (Å²) in [6.45, 7) is 2.55. The van der Waals surface area contributed by atoms with Crippen molar-refractivity contribution in [3.8, 4) is 0 Å². The number of rotatable bonds is 28. The average Bonchev–Trinajstić information content (AvgIpc) is 3.73. The predicted molar refractivity (Wildman–Crippen MR) is 216 cm³/mol. The molecule has 3 rings (SSSR count). The summed E-state index contributed by atoms with van der Waals surface area (Å²) in [7, 11) is -16.4. The van der Waals surface area contributed by atoms with E-state index in [1.54, 1.807) is 0 Å². The molecule has 29 heteroatoms. The highest BCUT2D eigenvalue weighted by atomic mass is 32.2. The lowest BCUT2D eigenvalue weighted by Gasteiger charge is -2.30. The number of carbonyl (C=O) groups excluding carboxylic acids is 3. The Bertz CT molecular complexity index is 1910. The number of hydrogen-bond donors (Lipinski definition) is 10. The Morgan fingerprint density at radius 3 is 2.34 bits per heavy atom. The van der Waals surface area contributed by atoms with Crippen LogP contribution in [-0.2, 0) is 50.7 Å². The van der Waals surface area contributed by atoms with E-state index >= 15 is 0 Å². The van der Waals surface area contributed by atoms with Crippen molar-refractivity contribution in [1.29, 1.82) is 0 Å². The predicted octanol–water partition coefficient (Wildman–Crippen LogP) is 1.17. The van der Waals surface area contributed by atoms with Crippen molar-refractivity contribution in [2.75, 3.05) is 37.8 Å². The highest BCUT2D eigenvalue weighted by molar-refractivity contribution is 8.13. The molecular formula is C32H56N7O18P3S. The maximum atomic E-state index is 12.7. The van der Waals surface area contributed by atoms with E-state index in [1.165, 1.54) is 13.8 Å². The van der Waals surface area contributed by atoms with Gasteiger partial charge in [0.2, 0.25) is 11.8 Å². The summed E-state index contributed by atoms with van der Waals surface area (Å²) in [5.41, 5.74) is 4.26. The van der Waals surface area contributed by atoms with Crippen LogP contribution in [0.2, 0.25) is 0 Å². The van der Waals surface area contributed by atoms with Crippen molar-refractivity contribution in [1.82, 2.24) is 30.2 Å². The molecule has 1 fully saturated rings. The number of nitrogens with two attached hydrogens (primary N) is 1. The number of nitrogen functional groups attached to an aromatic ring is 1. The summed E-state index contributed by atoms with van der Waals surface area (Å²) in [6.07, 6.45) is -0.899. The molecular weight excluding hydrogens is 895 g/mol. The van der Waals surface area contributed by atoms with Crippen molar-refractivity contribution >= 4 is 69.1 Å². The third kappa shape index (κ3) is 17.9. The molecule has 1 aliphatic rings. The quantitative estimate of drug-likeness (QED) is 0.0422. The SMILES string of the molecule is CCCCC(O)CCCCCC(=O)SCCNC(=O)CCNC(=O)C(O)C(C)(C)COP(=O)(O)OP(=O)(O)OCC1OC(n2cnc3c(N)ncnc32)C(O)C1OP(=O)(O)O. The number of hydrogen-bond acceptors (Lipinski definition) is 19. The number of imidazole rings is 1. The first kappa shape index (κ1) is 52.9. The zero-order chi connectivity index (χ0) is 45.6. The highest BCUT2D eigenvalue weighted by Gasteiger charge is 2.50. The van der Waals surface area contributed by atoms with Gasteiger partial charge in [0.15, 0.2) is 22.8 Å². The fraction of sp³-hybridized carbons (Fsp3) is 0.750. The van der Waals surface area contributed by atoms with Crippen LogP contribution in [0, 0.1) is 5.41 Å². The average molecular weight is 952 g/mol. The maximum absolute atomic E-state index is 12.7. The number of phosphoric ester groups is 3. The van der Waals surface area contributed by atoms with Crippen LogP contribution >= 0.6 is 35.2 Å². The molecule has 2 aromatic heterocycles. The lowest BCUT2D eigenvalue weighted by molar-refractivity contribution is -0.137. The number of anilines is 1. The van der Waals surface area contributed by atoms with Gasteiger partial charge < -0.3 is 56.0 Å². The van der Waals surface area contributed by atoms with Crippen LogP contribution in [0.1, 0.15) is 84.8 Å². The molecule has 1 saturated heterocycles. The Kier molecular flexibility index (Phi) is 20.8. The summed E-state index contributed by atoms with van der Waals surface area (Å²) in [5.74, 6) is -1.11. The molecule has 0 radical (unpaired) electrons. The van der Waals surface area contributed by atoms with Crippen molar-refractivity contribution in [2.45, 2.75) is 115 Å². The molecule has 0 aliphatic carbocycles. The smallest absolute Gasteiger partial charge is 0.393 e. The van der Waals surface area contributed by atoms with Gasteiger partial charge in [-0.15, -0.1) is 0 Å². The zero-order valence-corrected chi connectivity index (χ0v) is 37.3. The first-order chi connectivity index (χ1) is 28.4. The standard InChI is InChI=1S/C32H56N7O18P3S/c1-4-5-9-20(40)10-7-6-8-11-23(42)61-15-14-34-22(41)12-13-35-30(45)27(44)32(2,3)17-54-60(51,52)57-59(49,50)53-16-21-26(56-58(46,47)48)25(43)31(55-21)39-19-38-24-28(33)36-18-37-29(24)39/h18-21,25-27,31,40,43-44H,4-17H2,1-3H3,(H,34,41)(H,35,45)(H,49,50)(H,51,52)(H2,33,36,37)(H2,46,47,48). The van der Waals surface area contributed by atoms with Gasteiger partial charge in [0.25, 0.3) is 0 Å². The number of aliphatic hydroxyl groups is 3. The van der Waals surface area contributed by atoms with Crippen LogP contribution in [0.25, 0.3) is 11.2 Å². The Morgan fingerprint density at radius 1 is 0.967 bits per heavy atom. The van der Waals surface area contributed by atoms with E-state index in [2.05, 4.69) is 41.3 Å². The molecule has 2 aromatic rings. The molecule has 8 unspecified atom stereocenters. The van der Waals surface area contributed by atoms with Gasteiger partial charge in [-0.2, -0.15) is 4.31 Å². The summed E-state index contributed by atoms with van der Waals surface area (Å²) in [5, 5.41) is 36.3. The number of phosphoric acid groups is 3. The lowest BCUT2D eigenvalue weighted by atomic mass is 9.87. The van der Waals surface area contributed by atoms with Crippen LogP contribution < -0.4 is 16.4 Å². The molecule has 3 heterocycles. The third-order valence-corrected chi connectivity index (χ3v) is 13.1. The maximum Gasteiger partial charge on any atom is 0.481 e. The van der Waals surface area contributed by atoms with Gasteiger partial charge in [0, 0.05) is 37.1 Å². The number of thioether (sulfide) groups is 1. The van der Waals surface area contributed by atoms with Gasteiger partial charge in [0.05, 0.1) is 25.6 Å². The van der Waals surface area contributed by atoms with E-state index in [9.17, 15) is 63.0 Å². The van der Waals surface area contributed by atoms with E-state index < -0.39 is 84.6 Å². The number of nitrogens with zero attached hydrogens (tertiary/aromatic N) is 4. The summed E-state index contributed by atoms with van der Waals surface area (Å²) in [4.78, 5) is 87.9. The number of aliphatic hydroxyl groups excluding tert-OH is 3. The van der Waals surface area contributed by atoms with Crippen LogP contribution in [0.15, 0.2) is 12.7 Å². The van der Waals surface area contributed by atoms with Gasteiger partial charge in [-0.3, -0.25) is 32.5 Å². The highest BCUT2D eigenvalue weighted by Crippen LogP contribution is 2.61. The minimum Gasteiger partial charge on any atom is -0.393 e. The summed E-state index contributed by atoms with van der Waals surface area (Å²) in [6, 6.07) is 0. The second-order valence-corrected chi connectivity index (χ2v) is 20.1. The summed E-state index contributed by atoms with van der Waals surface area (Å²) < 4.78 is 62.2. The van der Waals surface area contributed by atoms with E-state index in [0.717, 1.165) is 73.9 Å². The molecule has 0 bridgehead atoms. The molecule has 348 valence electrons. The van der Waals surface area contributed by atoms with Gasteiger partial charge in [0.1, 0.15) is 36.3 Å². The third-order valence-electron chi connectivity index (χ3n) is 9.07. The number of fused-ring (bicyclic) bond motifs is 1. The van der Waals surface area contributed by atoms with E-state index in [4.69, 9.17) is 19.5 Å². The van der Waals surface area contributed by atoms with E-state index in [0.29, 0.717) is 12.2 Å². The first-order valence-electron chi connectivity index (χ1n) is 19.2. The monoisotopic (exact) mass is 951 g/mol. The van der Waals surface area contributed by atoms with E-state index in [1.807, 2.05) is 0 Å². The summed E-state index contributed by atoms with van der Waals surface area (Å²) >= 11 is 1.10.